The van der Waals surface area contributed by atoms with Gasteiger partial charge in [0, 0.05) is 41.2 Å². The summed E-state index contributed by atoms with van der Waals surface area (Å²) in [7, 11) is -2.49. The van der Waals surface area contributed by atoms with Gasteiger partial charge in [0.25, 0.3) is 11.8 Å². The number of carbonyl (C=O) groups is 2. The Morgan fingerprint density at radius 3 is 2.38 bits per heavy atom. The van der Waals surface area contributed by atoms with Crippen molar-refractivity contribution >= 4 is 38.5 Å². The van der Waals surface area contributed by atoms with E-state index in [0.717, 1.165) is 23.4 Å². The Kier molecular flexibility index (Phi) is 8.05. The van der Waals surface area contributed by atoms with Gasteiger partial charge in [0.05, 0.1) is 24.1 Å². The molecule has 0 aliphatic heterocycles. The second-order valence-electron chi connectivity index (χ2n) is 10.5. The number of furan rings is 1. The van der Waals surface area contributed by atoms with E-state index in [1.54, 1.807) is 30.3 Å². The lowest BCUT2D eigenvalue weighted by atomic mass is 9.97. The summed E-state index contributed by atoms with van der Waals surface area (Å²) < 4.78 is 60.1. The SMILES string of the molecule is CNC(=O)c1c(-c2ccc(F)cc2)oc2cc(N(CCF)S(C)(=O)=O)c(-c3cccc(C(=O)N[C@@H](C)C4CC4)c3)cc12. The van der Waals surface area contributed by atoms with Gasteiger partial charge in [0.1, 0.15) is 23.8 Å². The molecule has 0 unspecified atom stereocenters. The topological polar surface area (TPSA) is 109 Å². The molecule has 3 aromatic carbocycles. The zero-order valence-corrected chi connectivity index (χ0v) is 24.2. The third-order valence-electron chi connectivity index (χ3n) is 7.45. The number of rotatable bonds is 10. The third-order valence-corrected chi connectivity index (χ3v) is 8.63. The minimum Gasteiger partial charge on any atom is -0.455 e. The molecule has 1 aliphatic rings. The Balaban J connectivity index is 1.74. The highest BCUT2D eigenvalue weighted by Gasteiger charge is 2.30. The van der Waals surface area contributed by atoms with Crippen molar-refractivity contribution in [3.63, 3.8) is 0 Å². The summed E-state index contributed by atoms with van der Waals surface area (Å²) in [6, 6.07) is 15.2. The van der Waals surface area contributed by atoms with Crippen LogP contribution < -0.4 is 14.9 Å². The van der Waals surface area contributed by atoms with Gasteiger partial charge in [-0.3, -0.25) is 13.9 Å². The van der Waals surface area contributed by atoms with Crippen LogP contribution in [0.5, 0.6) is 0 Å². The van der Waals surface area contributed by atoms with Gasteiger partial charge >= 0.3 is 0 Å². The van der Waals surface area contributed by atoms with Crippen molar-refractivity contribution in [2.45, 2.75) is 25.8 Å². The van der Waals surface area contributed by atoms with E-state index in [1.807, 2.05) is 6.92 Å². The molecule has 1 aliphatic carbocycles. The van der Waals surface area contributed by atoms with E-state index in [1.165, 1.54) is 37.4 Å². The number of hydrogen-bond donors (Lipinski definition) is 2. The van der Waals surface area contributed by atoms with Crippen LogP contribution in [0, 0.1) is 11.7 Å². The van der Waals surface area contributed by atoms with E-state index in [4.69, 9.17) is 4.42 Å². The average Bonchev–Trinajstić information content (AvgIpc) is 3.75. The van der Waals surface area contributed by atoms with E-state index in [2.05, 4.69) is 10.6 Å². The van der Waals surface area contributed by atoms with E-state index >= 15 is 0 Å². The summed E-state index contributed by atoms with van der Waals surface area (Å²) in [5.74, 6) is -0.597. The summed E-state index contributed by atoms with van der Waals surface area (Å²) in [6.45, 7) is 0.559. The van der Waals surface area contributed by atoms with Crippen LogP contribution in [0.1, 0.15) is 40.5 Å². The number of benzene rings is 3. The van der Waals surface area contributed by atoms with Gasteiger partial charge in [0.15, 0.2) is 0 Å². The van der Waals surface area contributed by atoms with Crippen molar-refractivity contribution < 1.29 is 31.2 Å². The van der Waals surface area contributed by atoms with E-state index in [9.17, 15) is 26.8 Å². The van der Waals surface area contributed by atoms with Crippen LogP contribution in [0.4, 0.5) is 14.5 Å². The lowest BCUT2D eigenvalue weighted by molar-refractivity contribution is 0.0933. The first kappa shape index (κ1) is 29.2. The second-order valence-corrected chi connectivity index (χ2v) is 12.4. The smallest absolute Gasteiger partial charge is 0.255 e. The Labute approximate surface area is 242 Å². The van der Waals surface area contributed by atoms with Crippen molar-refractivity contribution in [2.24, 2.45) is 5.92 Å². The van der Waals surface area contributed by atoms with Crippen LogP contribution in [0.15, 0.2) is 65.1 Å². The Hall–Kier alpha value is -4.25. The van der Waals surface area contributed by atoms with Crippen molar-refractivity contribution in [1.29, 1.82) is 0 Å². The summed E-state index contributed by atoms with van der Waals surface area (Å²) in [5, 5.41) is 5.97. The molecule has 0 radical (unpaired) electrons. The van der Waals surface area contributed by atoms with Crippen LogP contribution in [-0.4, -0.2) is 52.8 Å². The van der Waals surface area contributed by atoms with Gasteiger partial charge < -0.3 is 15.1 Å². The second kappa shape index (κ2) is 11.6. The molecule has 5 rings (SSSR count). The van der Waals surface area contributed by atoms with Gasteiger partial charge in [-0.25, -0.2) is 17.2 Å². The van der Waals surface area contributed by atoms with Gasteiger partial charge in [-0.05, 0) is 73.7 Å². The predicted molar refractivity (Wildman–Crippen MR) is 158 cm³/mol. The number of nitrogens with zero attached hydrogens (tertiary/aromatic N) is 1. The molecule has 11 heteroatoms. The highest BCUT2D eigenvalue weighted by Crippen LogP contribution is 2.42. The molecule has 1 heterocycles. The molecule has 1 fully saturated rings. The van der Waals surface area contributed by atoms with Crippen molar-refractivity contribution in [3.05, 3.63) is 77.6 Å². The van der Waals surface area contributed by atoms with Crippen LogP contribution in [0.2, 0.25) is 0 Å². The molecule has 0 spiro atoms. The monoisotopic (exact) mass is 595 g/mol. The van der Waals surface area contributed by atoms with Gasteiger partial charge in [-0.2, -0.15) is 0 Å². The number of carbonyl (C=O) groups excluding carboxylic acids is 2. The largest absolute Gasteiger partial charge is 0.455 e. The van der Waals surface area contributed by atoms with Crippen molar-refractivity contribution in [3.8, 4) is 22.5 Å². The first-order valence-electron chi connectivity index (χ1n) is 13.6. The maximum absolute atomic E-state index is 13.7. The normalized spacial score (nSPS) is 14.0. The zero-order chi connectivity index (χ0) is 30.2. The summed E-state index contributed by atoms with van der Waals surface area (Å²) >= 11 is 0. The number of hydrogen-bond acceptors (Lipinski definition) is 5. The highest BCUT2D eigenvalue weighted by atomic mass is 32.2. The molecule has 220 valence electrons. The quantitative estimate of drug-likeness (QED) is 0.251. The molecule has 42 heavy (non-hydrogen) atoms. The lowest BCUT2D eigenvalue weighted by Crippen LogP contribution is -2.34. The van der Waals surface area contributed by atoms with Gasteiger partial charge in [-0.1, -0.05) is 12.1 Å². The minimum absolute atomic E-state index is 0.0178. The highest BCUT2D eigenvalue weighted by molar-refractivity contribution is 7.92. The fourth-order valence-corrected chi connectivity index (χ4v) is 6.01. The van der Waals surface area contributed by atoms with Gasteiger partial charge in [0.2, 0.25) is 10.0 Å². The Morgan fingerprint density at radius 2 is 1.76 bits per heavy atom. The molecule has 0 saturated heterocycles. The molecule has 8 nitrogen and oxygen atoms in total. The van der Waals surface area contributed by atoms with Crippen LogP contribution in [-0.2, 0) is 10.0 Å². The van der Waals surface area contributed by atoms with E-state index < -0.39 is 35.0 Å². The van der Waals surface area contributed by atoms with Crippen molar-refractivity contribution in [2.75, 3.05) is 30.8 Å². The molecule has 1 saturated carbocycles. The number of amides is 2. The first-order chi connectivity index (χ1) is 20.0. The van der Waals surface area contributed by atoms with Crippen molar-refractivity contribution in [1.82, 2.24) is 10.6 Å². The van der Waals surface area contributed by atoms with Crippen LogP contribution in [0.25, 0.3) is 33.4 Å². The lowest BCUT2D eigenvalue weighted by Gasteiger charge is -2.24. The van der Waals surface area contributed by atoms with E-state index in [-0.39, 0.29) is 34.5 Å². The first-order valence-corrected chi connectivity index (χ1v) is 15.4. The molecular formula is C31H31F2N3O5S. The number of sulfonamides is 1. The summed E-state index contributed by atoms with van der Waals surface area (Å²) in [4.78, 5) is 26.2. The maximum Gasteiger partial charge on any atom is 0.255 e. The zero-order valence-electron chi connectivity index (χ0n) is 23.4. The fraction of sp³-hybridized carbons (Fsp3) is 0.290. The number of alkyl halides is 1. The number of nitrogens with one attached hydrogen (secondary N) is 2. The van der Waals surface area contributed by atoms with Crippen LogP contribution >= 0.6 is 0 Å². The summed E-state index contributed by atoms with van der Waals surface area (Å²) in [5.41, 5.74) is 2.09. The molecule has 1 aromatic heterocycles. The third kappa shape index (κ3) is 5.87. The molecule has 4 aromatic rings. The summed E-state index contributed by atoms with van der Waals surface area (Å²) in [6.07, 6.45) is 3.11. The molecule has 2 N–H and O–H groups in total. The molecule has 0 bridgehead atoms. The van der Waals surface area contributed by atoms with Crippen LogP contribution in [0.3, 0.4) is 0 Å². The number of halogens is 2. The Bertz CT molecular complexity index is 1770. The predicted octanol–water partition coefficient (Wildman–Crippen LogP) is 5.53. The standard InChI is InChI=1S/C31H31F2N3O5S/c1-18(19-7-8-19)35-30(37)22-6-4-5-21(15-22)24-16-25-27(17-26(24)36(14-13-32)42(3,39)40)41-29(28(25)31(38)34-2)20-9-11-23(33)12-10-20/h4-6,9-12,15-19H,7-8,13-14H2,1-3H3,(H,34,38)(H,35,37)/t18-/m0/s1. The minimum atomic E-state index is -3.95. The number of fused-ring (bicyclic) bond motifs is 1. The fourth-order valence-electron chi connectivity index (χ4n) is 5.10. The number of anilines is 1. The van der Waals surface area contributed by atoms with Gasteiger partial charge in [-0.15, -0.1) is 0 Å². The molecule has 2 amide bonds. The average molecular weight is 596 g/mol. The maximum atomic E-state index is 13.7. The molecular weight excluding hydrogens is 564 g/mol. The molecule has 1 atom stereocenters. The van der Waals surface area contributed by atoms with E-state index in [0.29, 0.717) is 33.6 Å². The Morgan fingerprint density at radius 1 is 1.05 bits per heavy atom.